The molecule has 2 rings (SSSR count). The van der Waals surface area contributed by atoms with Crippen LogP contribution in [0.1, 0.15) is 17.2 Å². The van der Waals surface area contributed by atoms with E-state index >= 15 is 0 Å². The van der Waals surface area contributed by atoms with Gasteiger partial charge < -0.3 is 10.4 Å². The van der Waals surface area contributed by atoms with Crippen molar-refractivity contribution in [3.63, 3.8) is 0 Å². The Morgan fingerprint density at radius 3 is 2.38 bits per heavy atom. The van der Waals surface area contributed by atoms with Crippen LogP contribution in [0.4, 0.5) is 18.9 Å². The highest BCUT2D eigenvalue weighted by Gasteiger charge is 2.18. The summed E-state index contributed by atoms with van der Waals surface area (Å²) in [5, 5.41) is 12.8. The van der Waals surface area contributed by atoms with Crippen LogP contribution >= 0.6 is 15.9 Å². The number of aliphatic hydroxyl groups excluding tert-OH is 1. The SMILES string of the molecule is Cc1cc(F)c(Br)cc1NCC(O)c1c(F)cccc1F. The van der Waals surface area contributed by atoms with Gasteiger partial charge in [0.15, 0.2) is 0 Å². The van der Waals surface area contributed by atoms with Crippen molar-refractivity contribution in [2.45, 2.75) is 13.0 Å². The van der Waals surface area contributed by atoms with E-state index in [-0.39, 0.29) is 16.6 Å². The number of anilines is 1. The summed E-state index contributed by atoms with van der Waals surface area (Å²) in [5.74, 6) is -2.01. The molecule has 0 heterocycles. The first-order chi connectivity index (χ1) is 9.90. The van der Waals surface area contributed by atoms with Gasteiger partial charge in [-0.15, -0.1) is 0 Å². The molecule has 0 saturated carbocycles. The van der Waals surface area contributed by atoms with Gasteiger partial charge in [-0.3, -0.25) is 0 Å². The summed E-state index contributed by atoms with van der Waals surface area (Å²) < 4.78 is 40.6. The van der Waals surface area contributed by atoms with Crippen LogP contribution in [0, 0.1) is 24.4 Å². The van der Waals surface area contributed by atoms with Crippen molar-refractivity contribution in [1.29, 1.82) is 0 Å². The third-order valence-corrected chi connectivity index (χ3v) is 3.69. The molecule has 0 saturated heterocycles. The Morgan fingerprint density at radius 2 is 1.76 bits per heavy atom. The maximum Gasteiger partial charge on any atom is 0.137 e. The Balaban J connectivity index is 2.15. The minimum absolute atomic E-state index is 0.100. The van der Waals surface area contributed by atoms with Gasteiger partial charge in [0, 0.05) is 12.2 Å². The summed E-state index contributed by atoms with van der Waals surface area (Å²) in [5.41, 5.74) is 0.805. The molecule has 2 nitrogen and oxygen atoms in total. The smallest absolute Gasteiger partial charge is 0.137 e. The van der Waals surface area contributed by atoms with Crippen LogP contribution in [-0.2, 0) is 0 Å². The average Bonchev–Trinajstić information content (AvgIpc) is 2.41. The molecule has 1 unspecified atom stereocenters. The molecule has 0 spiro atoms. The molecule has 0 aromatic heterocycles. The molecule has 0 aliphatic carbocycles. The predicted molar refractivity (Wildman–Crippen MR) is 78.6 cm³/mol. The van der Waals surface area contributed by atoms with E-state index in [1.807, 2.05) is 0 Å². The van der Waals surface area contributed by atoms with Crippen molar-refractivity contribution in [3.05, 3.63) is 63.4 Å². The van der Waals surface area contributed by atoms with Crippen LogP contribution in [-0.4, -0.2) is 11.7 Å². The summed E-state index contributed by atoms with van der Waals surface area (Å²) in [7, 11) is 0. The largest absolute Gasteiger partial charge is 0.386 e. The summed E-state index contributed by atoms with van der Waals surface area (Å²) in [4.78, 5) is 0. The monoisotopic (exact) mass is 359 g/mol. The molecule has 0 amide bonds. The van der Waals surface area contributed by atoms with Crippen LogP contribution < -0.4 is 5.32 Å². The molecule has 0 aliphatic rings. The fourth-order valence-electron chi connectivity index (χ4n) is 1.97. The van der Waals surface area contributed by atoms with Gasteiger partial charge in [0.05, 0.1) is 10.0 Å². The zero-order valence-electron chi connectivity index (χ0n) is 11.1. The van der Waals surface area contributed by atoms with Crippen molar-refractivity contribution in [3.8, 4) is 0 Å². The van der Waals surface area contributed by atoms with E-state index in [0.717, 1.165) is 12.1 Å². The first-order valence-electron chi connectivity index (χ1n) is 6.21. The van der Waals surface area contributed by atoms with Gasteiger partial charge in [-0.25, -0.2) is 13.2 Å². The van der Waals surface area contributed by atoms with Crippen molar-refractivity contribution in [1.82, 2.24) is 0 Å². The summed E-state index contributed by atoms with van der Waals surface area (Å²) >= 11 is 3.06. The Hall–Kier alpha value is -1.53. The van der Waals surface area contributed by atoms with Crippen LogP contribution in [0.5, 0.6) is 0 Å². The molecule has 0 radical (unpaired) electrons. The van der Waals surface area contributed by atoms with E-state index in [2.05, 4.69) is 21.2 Å². The molecule has 112 valence electrons. The van der Waals surface area contributed by atoms with Crippen LogP contribution in [0.3, 0.4) is 0 Å². The quantitative estimate of drug-likeness (QED) is 0.851. The highest BCUT2D eigenvalue weighted by molar-refractivity contribution is 9.10. The summed E-state index contributed by atoms with van der Waals surface area (Å²) in [6, 6.07) is 6.23. The highest BCUT2D eigenvalue weighted by atomic mass is 79.9. The third kappa shape index (κ3) is 3.57. The van der Waals surface area contributed by atoms with Crippen LogP contribution in [0.15, 0.2) is 34.8 Å². The van der Waals surface area contributed by atoms with E-state index in [9.17, 15) is 18.3 Å². The van der Waals surface area contributed by atoms with Crippen LogP contribution in [0.2, 0.25) is 0 Å². The summed E-state index contributed by atoms with van der Waals surface area (Å²) in [6.45, 7) is 1.59. The molecule has 2 aromatic rings. The van der Waals surface area contributed by atoms with Gasteiger partial charge >= 0.3 is 0 Å². The number of hydrogen-bond donors (Lipinski definition) is 2. The van der Waals surface area contributed by atoms with E-state index in [1.54, 1.807) is 6.92 Å². The van der Waals surface area contributed by atoms with Crippen molar-refractivity contribution < 1.29 is 18.3 Å². The topological polar surface area (TPSA) is 32.3 Å². The van der Waals surface area contributed by atoms with Crippen LogP contribution in [0.25, 0.3) is 0 Å². The van der Waals surface area contributed by atoms with Gasteiger partial charge in [0.25, 0.3) is 0 Å². The average molecular weight is 360 g/mol. The molecule has 6 heteroatoms. The molecular weight excluding hydrogens is 347 g/mol. The number of nitrogens with one attached hydrogen (secondary N) is 1. The standard InChI is InChI=1S/C15H13BrF3NO/c1-8-5-12(19)9(16)6-13(8)20-7-14(21)15-10(17)3-2-4-11(15)18/h2-6,14,20-21H,7H2,1H3. The first kappa shape index (κ1) is 15.9. The van der Waals surface area contributed by atoms with Crippen molar-refractivity contribution >= 4 is 21.6 Å². The Kier molecular flexibility index (Phi) is 4.90. The molecule has 1 atom stereocenters. The Bertz CT molecular complexity index is 643. The number of hydrogen-bond acceptors (Lipinski definition) is 2. The van der Waals surface area contributed by atoms with E-state index in [4.69, 9.17) is 0 Å². The number of aliphatic hydroxyl groups is 1. The van der Waals surface area contributed by atoms with E-state index < -0.39 is 23.6 Å². The lowest BCUT2D eigenvalue weighted by molar-refractivity contribution is 0.181. The molecule has 21 heavy (non-hydrogen) atoms. The van der Waals surface area contributed by atoms with E-state index in [1.165, 1.54) is 18.2 Å². The second-order valence-electron chi connectivity index (χ2n) is 4.61. The van der Waals surface area contributed by atoms with Gasteiger partial charge in [0.2, 0.25) is 0 Å². The number of aryl methyl sites for hydroxylation is 1. The van der Waals surface area contributed by atoms with Gasteiger partial charge in [-0.2, -0.15) is 0 Å². The molecule has 2 aromatic carbocycles. The predicted octanol–water partition coefficient (Wildman–Crippen LogP) is 4.32. The zero-order chi connectivity index (χ0) is 15.6. The maximum atomic E-state index is 13.5. The molecular formula is C15H13BrF3NO. The number of halogens is 4. The minimum Gasteiger partial charge on any atom is -0.386 e. The molecule has 0 bridgehead atoms. The summed E-state index contributed by atoms with van der Waals surface area (Å²) in [6.07, 6.45) is -1.35. The van der Waals surface area contributed by atoms with Crippen molar-refractivity contribution in [2.75, 3.05) is 11.9 Å². The Morgan fingerprint density at radius 1 is 1.14 bits per heavy atom. The molecule has 0 fully saturated rings. The third-order valence-electron chi connectivity index (χ3n) is 3.09. The van der Waals surface area contributed by atoms with Gasteiger partial charge in [0.1, 0.15) is 23.6 Å². The second kappa shape index (κ2) is 6.49. The second-order valence-corrected chi connectivity index (χ2v) is 5.47. The maximum absolute atomic E-state index is 13.5. The number of rotatable bonds is 4. The zero-order valence-corrected chi connectivity index (χ0v) is 12.7. The fourth-order valence-corrected chi connectivity index (χ4v) is 2.32. The lowest BCUT2D eigenvalue weighted by Gasteiger charge is -2.16. The lowest BCUT2D eigenvalue weighted by atomic mass is 10.1. The van der Waals surface area contributed by atoms with Gasteiger partial charge in [-0.05, 0) is 52.7 Å². The van der Waals surface area contributed by atoms with E-state index in [0.29, 0.717) is 11.3 Å². The lowest BCUT2D eigenvalue weighted by Crippen LogP contribution is -2.15. The molecule has 0 aliphatic heterocycles. The highest BCUT2D eigenvalue weighted by Crippen LogP contribution is 2.26. The van der Waals surface area contributed by atoms with Crippen molar-refractivity contribution in [2.24, 2.45) is 0 Å². The fraction of sp³-hybridized carbons (Fsp3) is 0.200. The molecule has 2 N–H and O–H groups in total. The first-order valence-corrected chi connectivity index (χ1v) is 7.01. The minimum atomic E-state index is -1.35. The Labute approximate surface area is 128 Å². The van der Waals surface area contributed by atoms with Gasteiger partial charge in [-0.1, -0.05) is 6.07 Å². The normalized spacial score (nSPS) is 12.3. The number of benzene rings is 2.